The van der Waals surface area contributed by atoms with Crippen molar-refractivity contribution in [2.45, 2.75) is 25.7 Å². The Morgan fingerprint density at radius 2 is 2.54 bits per heavy atom. The van der Waals surface area contributed by atoms with Gasteiger partial charge in [-0.25, -0.2) is 0 Å². The summed E-state index contributed by atoms with van der Waals surface area (Å²) >= 11 is 0. The summed E-state index contributed by atoms with van der Waals surface area (Å²) < 4.78 is 0. The molecule has 2 rings (SSSR count). The quantitative estimate of drug-likeness (QED) is 0.642. The molecule has 0 bridgehead atoms. The zero-order valence-corrected chi connectivity index (χ0v) is 7.62. The Balaban J connectivity index is 2.13. The Morgan fingerprint density at radius 3 is 3.15 bits per heavy atom. The van der Waals surface area contributed by atoms with Crippen LogP contribution in [0, 0.1) is 11.3 Å². The molecule has 2 atom stereocenters. The van der Waals surface area contributed by atoms with Gasteiger partial charge in [-0.05, 0) is 18.8 Å². The van der Waals surface area contributed by atoms with E-state index in [2.05, 4.69) is 6.08 Å². The predicted molar refractivity (Wildman–Crippen MR) is 49.2 cm³/mol. The van der Waals surface area contributed by atoms with Crippen molar-refractivity contribution in [3.63, 3.8) is 0 Å². The molecule has 2 aliphatic carbocycles. The number of aliphatic carboxylic acids is 1. The highest BCUT2D eigenvalue weighted by Crippen LogP contribution is 2.54. The van der Waals surface area contributed by atoms with Crippen molar-refractivity contribution in [2.24, 2.45) is 17.1 Å². The van der Waals surface area contributed by atoms with E-state index in [9.17, 15) is 4.79 Å². The van der Waals surface area contributed by atoms with Crippen molar-refractivity contribution in [2.75, 3.05) is 6.54 Å². The summed E-state index contributed by atoms with van der Waals surface area (Å²) in [6.07, 6.45) is 5.69. The number of carboxylic acid groups (broad SMARTS) is 1. The summed E-state index contributed by atoms with van der Waals surface area (Å²) in [4.78, 5) is 10.7. The van der Waals surface area contributed by atoms with E-state index < -0.39 is 5.97 Å². The number of hydrogen-bond acceptors (Lipinski definition) is 2. The van der Waals surface area contributed by atoms with Crippen molar-refractivity contribution in [1.82, 2.24) is 0 Å². The second-order valence-corrected chi connectivity index (χ2v) is 4.18. The van der Waals surface area contributed by atoms with E-state index in [4.69, 9.17) is 10.8 Å². The molecule has 3 N–H and O–H groups in total. The van der Waals surface area contributed by atoms with Crippen LogP contribution in [0.4, 0.5) is 0 Å². The van der Waals surface area contributed by atoms with Crippen LogP contribution in [0.1, 0.15) is 25.7 Å². The molecule has 0 aromatic heterocycles. The summed E-state index contributed by atoms with van der Waals surface area (Å²) in [5.41, 5.74) is 6.84. The molecule has 72 valence electrons. The van der Waals surface area contributed by atoms with Crippen LogP contribution in [0.2, 0.25) is 0 Å². The van der Waals surface area contributed by atoms with Gasteiger partial charge in [0.15, 0.2) is 0 Å². The molecule has 0 heterocycles. The number of allylic oxidation sites excluding steroid dienone is 1. The van der Waals surface area contributed by atoms with E-state index in [1.165, 1.54) is 12.0 Å². The average Bonchev–Trinajstić information content (AvgIpc) is 2.83. The molecule has 1 fully saturated rings. The minimum Gasteiger partial charge on any atom is -0.481 e. The largest absolute Gasteiger partial charge is 0.481 e. The Labute approximate surface area is 77.6 Å². The van der Waals surface area contributed by atoms with Crippen molar-refractivity contribution in [1.29, 1.82) is 0 Å². The second kappa shape index (κ2) is 2.84. The van der Waals surface area contributed by atoms with Gasteiger partial charge in [0.25, 0.3) is 0 Å². The van der Waals surface area contributed by atoms with Gasteiger partial charge in [-0.15, -0.1) is 0 Å². The maximum atomic E-state index is 10.7. The van der Waals surface area contributed by atoms with Crippen molar-refractivity contribution in [3.05, 3.63) is 11.6 Å². The first kappa shape index (κ1) is 8.75. The molecule has 0 aromatic carbocycles. The molecule has 0 radical (unpaired) electrons. The number of carboxylic acids is 1. The molecule has 13 heavy (non-hydrogen) atoms. The standard InChI is InChI=1S/C10H15NO2/c11-6-10(5-9(12)13)3-1-2-7-4-8(7)10/h4,7H,1-3,5-6,11H2,(H,12,13). The van der Waals surface area contributed by atoms with Gasteiger partial charge in [0.05, 0.1) is 6.42 Å². The molecule has 3 heteroatoms. The van der Waals surface area contributed by atoms with Crippen molar-refractivity contribution in [3.8, 4) is 0 Å². The maximum Gasteiger partial charge on any atom is 0.304 e. The van der Waals surface area contributed by atoms with Gasteiger partial charge in [0.1, 0.15) is 0 Å². The molecule has 3 nitrogen and oxygen atoms in total. The van der Waals surface area contributed by atoms with Crippen LogP contribution in [0.3, 0.4) is 0 Å². The maximum absolute atomic E-state index is 10.7. The predicted octanol–water partition coefficient (Wildman–Crippen LogP) is 1.15. The van der Waals surface area contributed by atoms with Gasteiger partial charge >= 0.3 is 5.97 Å². The Bertz CT molecular complexity index is 272. The van der Waals surface area contributed by atoms with Gasteiger partial charge in [-0.1, -0.05) is 18.1 Å². The number of nitrogens with two attached hydrogens (primary N) is 1. The topological polar surface area (TPSA) is 63.3 Å². The second-order valence-electron chi connectivity index (χ2n) is 4.18. The first-order valence-corrected chi connectivity index (χ1v) is 4.82. The van der Waals surface area contributed by atoms with E-state index >= 15 is 0 Å². The lowest BCUT2D eigenvalue weighted by Gasteiger charge is -2.33. The van der Waals surface area contributed by atoms with Gasteiger partial charge in [0, 0.05) is 12.0 Å². The molecule has 0 saturated heterocycles. The molecule has 0 aromatic rings. The normalized spacial score (nSPS) is 36.4. The summed E-state index contributed by atoms with van der Waals surface area (Å²) in [5, 5.41) is 8.82. The molecular weight excluding hydrogens is 166 g/mol. The summed E-state index contributed by atoms with van der Waals surface area (Å²) in [5.74, 6) is -0.129. The lowest BCUT2D eigenvalue weighted by Crippen LogP contribution is -2.35. The third-order valence-electron chi connectivity index (χ3n) is 3.33. The number of fused-ring (bicyclic) bond motifs is 1. The van der Waals surface area contributed by atoms with Crippen LogP contribution < -0.4 is 5.73 Å². The van der Waals surface area contributed by atoms with Crippen LogP contribution in [-0.2, 0) is 4.79 Å². The monoisotopic (exact) mass is 181 g/mol. The Kier molecular flexibility index (Phi) is 1.91. The molecule has 0 spiro atoms. The first-order valence-electron chi connectivity index (χ1n) is 4.82. The molecule has 0 amide bonds. The Morgan fingerprint density at radius 1 is 1.77 bits per heavy atom. The van der Waals surface area contributed by atoms with E-state index in [0.29, 0.717) is 12.5 Å². The van der Waals surface area contributed by atoms with Gasteiger partial charge < -0.3 is 10.8 Å². The summed E-state index contributed by atoms with van der Waals surface area (Å²) in [6, 6.07) is 0. The van der Waals surface area contributed by atoms with E-state index in [1.54, 1.807) is 0 Å². The highest BCUT2D eigenvalue weighted by atomic mass is 16.4. The minimum atomic E-state index is -0.723. The molecule has 0 aliphatic heterocycles. The molecule has 1 saturated carbocycles. The minimum absolute atomic E-state index is 0.186. The smallest absolute Gasteiger partial charge is 0.304 e. The number of rotatable bonds is 3. The lowest BCUT2D eigenvalue weighted by atomic mass is 9.72. The zero-order chi connectivity index (χ0) is 9.47. The van der Waals surface area contributed by atoms with E-state index in [0.717, 1.165) is 12.8 Å². The van der Waals surface area contributed by atoms with Crippen LogP contribution in [-0.4, -0.2) is 17.6 Å². The lowest BCUT2D eigenvalue weighted by molar-refractivity contribution is -0.139. The fourth-order valence-corrected chi connectivity index (χ4v) is 2.55. The molecule has 2 unspecified atom stereocenters. The number of carbonyl (C=O) groups is 1. The van der Waals surface area contributed by atoms with E-state index in [1.807, 2.05) is 0 Å². The fraction of sp³-hybridized carbons (Fsp3) is 0.700. The number of hydrogen-bond donors (Lipinski definition) is 2. The van der Waals surface area contributed by atoms with Crippen LogP contribution >= 0.6 is 0 Å². The third-order valence-corrected chi connectivity index (χ3v) is 3.33. The Hall–Kier alpha value is -0.830. The van der Waals surface area contributed by atoms with Crippen molar-refractivity contribution < 1.29 is 9.90 Å². The summed E-state index contributed by atoms with van der Waals surface area (Å²) in [6.45, 7) is 0.488. The highest BCUT2D eigenvalue weighted by molar-refractivity contribution is 5.69. The molecular formula is C10H15NO2. The van der Waals surface area contributed by atoms with Crippen molar-refractivity contribution >= 4 is 5.97 Å². The van der Waals surface area contributed by atoms with Crippen LogP contribution in [0.25, 0.3) is 0 Å². The highest BCUT2D eigenvalue weighted by Gasteiger charge is 2.46. The summed E-state index contributed by atoms with van der Waals surface area (Å²) in [7, 11) is 0. The first-order chi connectivity index (χ1) is 6.18. The van der Waals surface area contributed by atoms with Crippen LogP contribution in [0.15, 0.2) is 11.6 Å². The zero-order valence-electron chi connectivity index (χ0n) is 7.62. The fourth-order valence-electron chi connectivity index (χ4n) is 2.55. The van der Waals surface area contributed by atoms with Gasteiger partial charge in [-0.3, -0.25) is 4.79 Å². The molecule has 2 aliphatic rings. The van der Waals surface area contributed by atoms with Crippen LogP contribution in [0.5, 0.6) is 0 Å². The SMILES string of the molecule is NCC1(CC(=O)O)CCCC2C=C21. The van der Waals surface area contributed by atoms with Gasteiger partial charge in [-0.2, -0.15) is 0 Å². The van der Waals surface area contributed by atoms with E-state index in [-0.39, 0.29) is 11.8 Å². The average molecular weight is 181 g/mol. The van der Waals surface area contributed by atoms with Gasteiger partial charge in [0.2, 0.25) is 0 Å². The third kappa shape index (κ3) is 1.37.